The van der Waals surface area contributed by atoms with Crippen LogP contribution in [-0.4, -0.2) is 0 Å². The molecule has 0 nitrogen and oxygen atoms in total. The molecule has 0 aromatic heterocycles. The molecule has 86 valence electrons. The molecule has 0 amide bonds. The van der Waals surface area contributed by atoms with Gasteiger partial charge < -0.3 is 0 Å². The van der Waals surface area contributed by atoms with Crippen molar-refractivity contribution < 1.29 is 0 Å². The van der Waals surface area contributed by atoms with Crippen molar-refractivity contribution in [3.63, 3.8) is 0 Å². The Hall–Kier alpha value is -0.780. The Kier molecular flexibility index (Phi) is 2.75. The van der Waals surface area contributed by atoms with Crippen LogP contribution in [0.25, 0.3) is 0 Å². The highest BCUT2D eigenvalue weighted by atomic mass is 14.3. The third-order valence-corrected chi connectivity index (χ3v) is 4.76. The zero-order valence-corrected chi connectivity index (χ0v) is 10.2. The summed E-state index contributed by atoms with van der Waals surface area (Å²) < 4.78 is 0. The Morgan fingerprint density at radius 2 is 1.94 bits per heavy atom. The number of hydrogen-bond donors (Lipinski definition) is 0. The average Bonchev–Trinajstić information content (AvgIpc) is 3.09. The monoisotopic (exact) mass is 214 g/mol. The predicted molar refractivity (Wildman–Crippen MR) is 69.2 cm³/mol. The predicted octanol–water partition coefficient (Wildman–Crippen LogP) is 4.79. The molecule has 2 atom stereocenters. The number of fused-ring (bicyclic) bond motifs is 4. The van der Waals surface area contributed by atoms with E-state index in [1.165, 1.54) is 51.4 Å². The molecule has 0 aromatic rings. The lowest BCUT2D eigenvalue weighted by atomic mass is 9.99. The van der Waals surface area contributed by atoms with Gasteiger partial charge >= 0.3 is 0 Å². The van der Waals surface area contributed by atoms with Crippen LogP contribution in [0.4, 0.5) is 0 Å². The fraction of sp³-hybridized carbons (Fsp3) is 0.625. The molecule has 0 N–H and O–H groups in total. The van der Waals surface area contributed by atoms with Gasteiger partial charge in [0, 0.05) is 0 Å². The van der Waals surface area contributed by atoms with Gasteiger partial charge in [-0.15, -0.1) is 0 Å². The van der Waals surface area contributed by atoms with E-state index in [0.717, 1.165) is 11.8 Å². The van der Waals surface area contributed by atoms with Crippen molar-refractivity contribution in [1.82, 2.24) is 0 Å². The Morgan fingerprint density at radius 3 is 2.19 bits per heavy atom. The van der Waals surface area contributed by atoms with Crippen molar-refractivity contribution in [2.45, 2.75) is 51.4 Å². The van der Waals surface area contributed by atoms with Gasteiger partial charge in [-0.25, -0.2) is 0 Å². The molecule has 0 spiro atoms. The van der Waals surface area contributed by atoms with E-state index in [4.69, 9.17) is 0 Å². The van der Waals surface area contributed by atoms with E-state index in [9.17, 15) is 0 Å². The van der Waals surface area contributed by atoms with Crippen molar-refractivity contribution in [3.05, 3.63) is 35.5 Å². The van der Waals surface area contributed by atoms with Crippen LogP contribution in [-0.2, 0) is 0 Å². The maximum absolute atomic E-state index is 3.80. The van der Waals surface area contributed by atoms with Gasteiger partial charge in [-0.2, -0.15) is 0 Å². The first-order chi connectivity index (χ1) is 7.85. The topological polar surface area (TPSA) is 0 Å². The quantitative estimate of drug-likeness (QED) is 0.550. The second-order valence-corrected chi connectivity index (χ2v) is 5.85. The summed E-state index contributed by atoms with van der Waals surface area (Å²) in [6.45, 7) is 3.80. The van der Waals surface area contributed by atoms with Gasteiger partial charge in [0.05, 0.1) is 0 Å². The van der Waals surface area contributed by atoms with Crippen LogP contribution < -0.4 is 0 Å². The standard InChI is InChI=1S/C9H12.C7H10/c1-2-8-5-7-3-4-9(8)6-7;1-2-7-4-3-6(1)5-7/h2,7H,1,3-6H2;1,7H,2-5H2. The first-order valence-electron chi connectivity index (χ1n) is 6.86. The van der Waals surface area contributed by atoms with Crippen molar-refractivity contribution in [1.29, 1.82) is 0 Å². The molecule has 0 heteroatoms. The summed E-state index contributed by atoms with van der Waals surface area (Å²) in [5.74, 6) is 2.09. The summed E-state index contributed by atoms with van der Waals surface area (Å²) in [4.78, 5) is 0. The van der Waals surface area contributed by atoms with Crippen LogP contribution in [0.15, 0.2) is 35.5 Å². The van der Waals surface area contributed by atoms with Crippen LogP contribution in [0.5, 0.6) is 0 Å². The minimum absolute atomic E-state index is 1.01. The summed E-state index contributed by atoms with van der Waals surface area (Å²) >= 11 is 0. The van der Waals surface area contributed by atoms with E-state index in [-0.39, 0.29) is 0 Å². The smallest absolute Gasteiger partial charge is 0.0248 e. The van der Waals surface area contributed by atoms with E-state index >= 15 is 0 Å². The van der Waals surface area contributed by atoms with E-state index in [2.05, 4.69) is 18.7 Å². The van der Waals surface area contributed by atoms with Gasteiger partial charge in [0.1, 0.15) is 0 Å². The average molecular weight is 214 g/mol. The zero-order valence-electron chi connectivity index (χ0n) is 10.2. The number of allylic oxidation sites excluding steroid dienone is 5. The Bertz CT molecular complexity index is 356. The lowest BCUT2D eigenvalue weighted by Crippen LogP contribution is -1.91. The summed E-state index contributed by atoms with van der Waals surface area (Å²) in [6.07, 6.45) is 15.8. The summed E-state index contributed by atoms with van der Waals surface area (Å²) in [5, 5.41) is 0. The summed E-state index contributed by atoms with van der Waals surface area (Å²) in [5.41, 5.74) is 5.01. The van der Waals surface area contributed by atoms with E-state index in [1.807, 2.05) is 0 Å². The van der Waals surface area contributed by atoms with Gasteiger partial charge in [0.2, 0.25) is 0 Å². The molecular formula is C16H22. The van der Waals surface area contributed by atoms with Crippen LogP contribution >= 0.6 is 0 Å². The van der Waals surface area contributed by atoms with E-state index < -0.39 is 0 Å². The highest BCUT2D eigenvalue weighted by Gasteiger charge is 2.28. The molecule has 0 aromatic carbocycles. The zero-order chi connectivity index (χ0) is 11.0. The van der Waals surface area contributed by atoms with Crippen molar-refractivity contribution in [2.75, 3.05) is 0 Å². The lowest BCUT2D eigenvalue weighted by molar-refractivity contribution is 0.568. The van der Waals surface area contributed by atoms with Crippen molar-refractivity contribution in [2.24, 2.45) is 11.8 Å². The van der Waals surface area contributed by atoms with Crippen LogP contribution in [0, 0.1) is 11.8 Å². The maximum atomic E-state index is 3.80. The van der Waals surface area contributed by atoms with Crippen molar-refractivity contribution in [3.8, 4) is 0 Å². The van der Waals surface area contributed by atoms with Gasteiger partial charge in [0.15, 0.2) is 0 Å². The fourth-order valence-corrected chi connectivity index (χ4v) is 3.76. The molecule has 2 saturated carbocycles. The van der Waals surface area contributed by atoms with Crippen LogP contribution in [0.2, 0.25) is 0 Å². The molecule has 4 rings (SSSR count). The number of hydrogen-bond acceptors (Lipinski definition) is 0. The third-order valence-electron chi connectivity index (χ3n) is 4.76. The molecule has 0 radical (unpaired) electrons. The Balaban J connectivity index is 0.000000104. The summed E-state index contributed by atoms with van der Waals surface area (Å²) in [7, 11) is 0. The molecule has 4 aliphatic carbocycles. The minimum atomic E-state index is 1.01. The molecule has 4 aliphatic rings. The van der Waals surface area contributed by atoms with Crippen LogP contribution in [0.3, 0.4) is 0 Å². The highest BCUT2D eigenvalue weighted by Crippen LogP contribution is 2.44. The molecule has 16 heavy (non-hydrogen) atoms. The molecule has 0 saturated heterocycles. The second-order valence-electron chi connectivity index (χ2n) is 5.85. The molecule has 2 unspecified atom stereocenters. The molecular weight excluding hydrogens is 192 g/mol. The first-order valence-corrected chi connectivity index (χ1v) is 6.86. The molecule has 0 aliphatic heterocycles. The van der Waals surface area contributed by atoms with E-state index in [1.54, 1.807) is 16.7 Å². The van der Waals surface area contributed by atoms with Crippen LogP contribution in [0.1, 0.15) is 51.4 Å². The highest BCUT2D eigenvalue weighted by molar-refractivity contribution is 5.32. The largest absolute Gasteiger partial charge is 0.0988 e. The minimum Gasteiger partial charge on any atom is -0.0988 e. The maximum Gasteiger partial charge on any atom is -0.0248 e. The SMILES string of the molecule is C1=C2CCC(C1)C2.C=CC1=C2CCC(C1)C2. The van der Waals surface area contributed by atoms with Gasteiger partial charge in [-0.05, 0) is 68.8 Å². The fourth-order valence-electron chi connectivity index (χ4n) is 3.76. The van der Waals surface area contributed by atoms with Gasteiger partial charge in [-0.3, -0.25) is 0 Å². The van der Waals surface area contributed by atoms with Crippen molar-refractivity contribution >= 4 is 0 Å². The molecule has 4 bridgehead atoms. The van der Waals surface area contributed by atoms with E-state index in [0.29, 0.717) is 0 Å². The Labute approximate surface area is 99.1 Å². The van der Waals surface area contributed by atoms with Gasteiger partial charge in [-0.1, -0.05) is 29.9 Å². The number of rotatable bonds is 1. The molecule has 0 heterocycles. The summed E-state index contributed by atoms with van der Waals surface area (Å²) in [6, 6.07) is 0. The second kappa shape index (κ2) is 4.24. The third kappa shape index (κ3) is 1.90. The van der Waals surface area contributed by atoms with Gasteiger partial charge in [0.25, 0.3) is 0 Å². The molecule has 2 fully saturated rings. The Morgan fingerprint density at radius 1 is 1.06 bits per heavy atom. The first kappa shape index (κ1) is 10.4. The normalized spacial score (nSPS) is 33.9. The lowest BCUT2D eigenvalue weighted by Gasteiger charge is -2.06.